The molecule has 3 heterocycles. The van der Waals surface area contributed by atoms with E-state index in [9.17, 15) is 9.90 Å². The van der Waals surface area contributed by atoms with Crippen LogP contribution >= 0.6 is 0 Å². The lowest BCUT2D eigenvalue weighted by molar-refractivity contribution is -0.119. The fraction of sp³-hybridized carbons (Fsp3) is 0.292. The molecule has 174 valence electrons. The molecular weight excluding hydrogens is 434 g/mol. The van der Waals surface area contributed by atoms with E-state index >= 15 is 0 Å². The highest BCUT2D eigenvalue weighted by Gasteiger charge is 2.29. The summed E-state index contributed by atoms with van der Waals surface area (Å²) in [5, 5.41) is 21.6. The lowest BCUT2D eigenvalue weighted by atomic mass is 10.1. The van der Waals surface area contributed by atoms with Crippen molar-refractivity contribution in [1.29, 1.82) is 0 Å². The molecule has 3 aromatic heterocycles. The van der Waals surface area contributed by atoms with Crippen LogP contribution in [0.1, 0.15) is 24.1 Å². The van der Waals surface area contributed by atoms with Gasteiger partial charge in [0, 0.05) is 36.8 Å². The summed E-state index contributed by atoms with van der Waals surface area (Å²) in [6.07, 6.45) is 8.87. The maximum atomic E-state index is 12.4. The number of para-hydroxylation sites is 1. The van der Waals surface area contributed by atoms with Crippen LogP contribution < -0.4 is 10.1 Å². The maximum absolute atomic E-state index is 12.4. The number of carbonyl (C=O) groups is 1. The van der Waals surface area contributed by atoms with Gasteiger partial charge in [-0.1, -0.05) is 6.07 Å². The van der Waals surface area contributed by atoms with Gasteiger partial charge in [-0.3, -0.25) is 14.5 Å². The van der Waals surface area contributed by atoms with Gasteiger partial charge in [-0.05, 0) is 31.0 Å². The molecule has 1 aliphatic carbocycles. The Morgan fingerprint density at radius 1 is 1.24 bits per heavy atom. The lowest BCUT2D eigenvalue weighted by Crippen LogP contribution is -2.09. The monoisotopic (exact) mass is 459 g/mol. The number of carbonyl (C=O) groups excluding carboxylic acids is 1. The maximum Gasteiger partial charge on any atom is 0.184 e. The van der Waals surface area contributed by atoms with Crippen LogP contribution in [0.5, 0.6) is 5.75 Å². The van der Waals surface area contributed by atoms with Crippen molar-refractivity contribution in [3.8, 4) is 22.8 Å². The standard InChI is InChI=1S/C24H25N7O3/c1-30-14-26-24(29-30)18-4-3-5-19(23(18)34-2)28-20-8-17(9-22(33)16-6-7-16)25-11-21(20)31-12-15(13-32)10-27-31/h3-5,8,10-12,14,16,32H,6-7,9,13H2,1-2H3,(H,25,28). The Hall–Kier alpha value is -4.05. The average Bonchev–Trinajstić information content (AvgIpc) is 3.44. The second kappa shape index (κ2) is 9.06. The van der Waals surface area contributed by atoms with Gasteiger partial charge < -0.3 is 15.2 Å². The fourth-order valence-corrected chi connectivity index (χ4v) is 3.81. The predicted octanol–water partition coefficient (Wildman–Crippen LogP) is 2.83. The molecule has 0 spiro atoms. The molecule has 0 saturated heterocycles. The van der Waals surface area contributed by atoms with Gasteiger partial charge in [0.1, 0.15) is 17.8 Å². The van der Waals surface area contributed by atoms with Crippen molar-refractivity contribution in [2.75, 3.05) is 12.4 Å². The van der Waals surface area contributed by atoms with Gasteiger partial charge in [0.2, 0.25) is 0 Å². The molecule has 5 rings (SSSR count). The van der Waals surface area contributed by atoms with Gasteiger partial charge in [0.05, 0.1) is 43.0 Å². The normalized spacial score (nSPS) is 13.1. The van der Waals surface area contributed by atoms with Crippen molar-refractivity contribution in [3.63, 3.8) is 0 Å². The molecule has 10 heteroatoms. The predicted molar refractivity (Wildman–Crippen MR) is 125 cm³/mol. The highest BCUT2D eigenvalue weighted by atomic mass is 16.5. The zero-order valence-electron chi connectivity index (χ0n) is 19.0. The second-order valence-corrected chi connectivity index (χ2v) is 8.31. The molecule has 1 aliphatic rings. The van der Waals surface area contributed by atoms with Gasteiger partial charge in [-0.2, -0.15) is 10.2 Å². The van der Waals surface area contributed by atoms with E-state index in [1.54, 1.807) is 41.4 Å². The minimum absolute atomic E-state index is 0.114. The van der Waals surface area contributed by atoms with Gasteiger partial charge in [0.15, 0.2) is 11.6 Å². The van der Waals surface area contributed by atoms with Gasteiger partial charge >= 0.3 is 0 Å². The summed E-state index contributed by atoms with van der Waals surface area (Å²) in [6, 6.07) is 7.55. The van der Waals surface area contributed by atoms with Crippen LogP contribution in [0.2, 0.25) is 0 Å². The van der Waals surface area contributed by atoms with E-state index in [-0.39, 0.29) is 24.7 Å². The molecular formula is C24H25N7O3. The molecule has 34 heavy (non-hydrogen) atoms. The summed E-state index contributed by atoms with van der Waals surface area (Å²) in [4.78, 5) is 21.3. The van der Waals surface area contributed by atoms with Crippen LogP contribution in [0.3, 0.4) is 0 Å². The third-order valence-corrected chi connectivity index (χ3v) is 5.72. The van der Waals surface area contributed by atoms with Crippen molar-refractivity contribution < 1.29 is 14.6 Å². The molecule has 2 N–H and O–H groups in total. The molecule has 10 nitrogen and oxygen atoms in total. The van der Waals surface area contributed by atoms with Crippen LogP contribution in [-0.2, 0) is 24.9 Å². The number of aliphatic hydroxyl groups is 1. The molecule has 1 aromatic carbocycles. The Balaban J connectivity index is 1.55. The van der Waals surface area contributed by atoms with Gasteiger partial charge in [-0.25, -0.2) is 9.67 Å². The number of pyridine rings is 1. The Kier molecular flexibility index (Phi) is 5.81. The van der Waals surface area contributed by atoms with E-state index in [1.165, 1.54) is 0 Å². The molecule has 0 amide bonds. The summed E-state index contributed by atoms with van der Waals surface area (Å²) >= 11 is 0. The number of nitrogens with zero attached hydrogens (tertiary/aromatic N) is 6. The number of anilines is 2. The Labute approximate surface area is 196 Å². The van der Waals surface area contributed by atoms with Crippen LogP contribution in [0.15, 0.2) is 49.2 Å². The van der Waals surface area contributed by atoms with Crippen molar-refractivity contribution in [3.05, 3.63) is 60.4 Å². The Morgan fingerprint density at radius 2 is 2.09 bits per heavy atom. The fourth-order valence-electron chi connectivity index (χ4n) is 3.81. The first-order chi connectivity index (χ1) is 16.6. The number of methoxy groups -OCH3 is 1. The van der Waals surface area contributed by atoms with Crippen LogP contribution in [0.25, 0.3) is 17.1 Å². The van der Waals surface area contributed by atoms with Crippen LogP contribution in [0, 0.1) is 5.92 Å². The smallest absolute Gasteiger partial charge is 0.184 e. The third-order valence-electron chi connectivity index (χ3n) is 5.72. The number of hydrogen-bond donors (Lipinski definition) is 2. The molecule has 0 radical (unpaired) electrons. The number of ketones is 1. The first-order valence-electron chi connectivity index (χ1n) is 11.0. The van der Waals surface area contributed by atoms with E-state index < -0.39 is 0 Å². The Bertz CT molecular complexity index is 1340. The minimum Gasteiger partial charge on any atom is -0.494 e. The zero-order chi connectivity index (χ0) is 23.7. The zero-order valence-corrected chi connectivity index (χ0v) is 19.0. The molecule has 0 atom stereocenters. The molecule has 1 saturated carbocycles. The number of ether oxygens (including phenoxy) is 1. The summed E-state index contributed by atoms with van der Waals surface area (Å²) < 4.78 is 9.01. The van der Waals surface area contributed by atoms with Crippen molar-refractivity contribution in [2.24, 2.45) is 13.0 Å². The van der Waals surface area contributed by atoms with E-state index in [0.717, 1.165) is 18.4 Å². The first-order valence-corrected chi connectivity index (χ1v) is 11.0. The van der Waals surface area contributed by atoms with Crippen molar-refractivity contribution >= 4 is 17.2 Å². The highest BCUT2D eigenvalue weighted by Crippen LogP contribution is 2.38. The largest absolute Gasteiger partial charge is 0.494 e. The lowest BCUT2D eigenvalue weighted by Gasteiger charge is -2.17. The number of rotatable bonds is 9. The summed E-state index contributed by atoms with van der Waals surface area (Å²) in [5.41, 5.74) is 4.18. The van der Waals surface area contributed by atoms with E-state index in [0.29, 0.717) is 39.9 Å². The molecule has 4 aromatic rings. The summed E-state index contributed by atoms with van der Waals surface area (Å²) in [5.74, 6) is 1.52. The number of aromatic nitrogens is 6. The third kappa shape index (κ3) is 4.40. The minimum atomic E-state index is -0.114. The quantitative estimate of drug-likeness (QED) is 0.392. The number of Topliss-reactive ketones (excluding diaryl/α,β-unsaturated/α-hetero) is 1. The molecule has 0 aliphatic heterocycles. The topological polar surface area (TPSA) is 120 Å². The van der Waals surface area contributed by atoms with Crippen molar-refractivity contribution in [2.45, 2.75) is 25.9 Å². The van der Waals surface area contributed by atoms with Gasteiger partial charge in [-0.15, -0.1) is 0 Å². The molecule has 1 fully saturated rings. The second-order valence-electron chi connectivity index (χ2n) is 8.31. The van der Waals surface area contributed by atoms with E-state index in [1.807, 2.05) is 31.3 Å². The van der Waals surface area contributed by atoms with E-state index in [4.69, 9.17) is 4.74 Å². The number of aryl methyl sites for hydroxylation is 1. The molecule has 0 unspecified atom stereocenters. The molecule has 0 bridgehead atoms. The number of aliphatic hydroxyl groups excluding tert-OH is 1. The van der Waals surface area contributed by atoms with Gasteiger partial charge in [0.25, 0.3) is 0 Å². The van der Waals surface area contributed by atoms with Crippen LogP contribution in [-0.4, -0.2) is 47.5 Å². The first kappa shape index (κ1) is 21.8. The van der Waals surface area contributed by atoms with E-state index in [2.05, 4.69) is 25.5 Å². The number of benzene rings is 1. The summed E-state index contributed by atoms with van der Waals surface area (Å²) in [6.45, 7) is -0.114. The highest BCUT2D eigenvalue weighted by molar-refractivity contribution is 5.85. The summed E-state index contributed by atoms with van der Waals surface area (Å²) in [7, 11) is 3.41. The number of nitrogens with one attached hydrogen (secondary N) is 1. The average molecular weight is 460 g/mol. The van der Waals surface area contributed by atoms with Crippen LogP contribution in [0.4, 0.5) is 11.4 Å². The Morgan fingerprint density at radius 3 is 2.76 bits per heavy atom. The van der Waals surface area contributed by atoms with Crippen molar-refractivity contribution in [1.82, 2.24) is 29.5 Å². The number of hydrogen-bond acceptors (Lipinski definition) is 8. The SMILES string of the molecule is COc1c(Nc2cc(CC(=O)C3CC3)ncc2-n2cc(CO)cn2)cccc1-c1ncn(C)n1.